The zero-order valence-electron chi connectivity index (χ0n) is 12.8. The van der Waals surface area contributed by atoms with E-state index in [0.29, 0.717) is 21.7 Å². The van der Waals surface area contributed by atoms with Crippen molar-refractivity contribution in [2.75, 3.05) is 5.32 Å². The van der Waals surface area contributed by atoms with Crippen molar-refractivity contribution in [2.45, 2.75) is 13.1 Å². The van der Waals surface area contributed by atoms with Gasteiger partial charge in [0.25, 0.3) is 5.91 Å². The van der Waals surface area contributed by atoms with Crippen molar-refractivity contribution in [2.24, 2.45) is 0 Å². The summed E-state index contributed by atoms with van der Waals surface area (Å²) in [5, 5.41) is 12.0. The molecule has 1 atom stereocenters. The van der Waals surface area contributed by atoms with Gasteiger partial charge in [-0.05, 0) is 36.8 Å². The summed E-state index contributed by atoms with van der Waals surface area (Å²) in [7, 11) is 0. The molecule has 0 saturated carbocycles. The minimum atomic E-state index is -1.70. The monoisotopic (exact) mass is 347 g/mol. The zero-order valence-corrected chi connectivity index (χ0v) is 13.6. The predicted octanol–water partition coefficient (Wildman–Crippen LogP) is 4.40. The van der Waals surface area contributed by atoms with Crippen LogP contribution in [-0.2, 0) is 4.79 Å². The molecule has 2 aromatic rings. The minimum Gasteiger partial charge on any atom is -0.478 e. The van der Waals surface area contributed by atoms with Gasteiger partial charge in [0.2, 0.25) is 0 Å². The molecule has 4 nitrogen and oxygen atoms in total. The van der Waals surface area contributed by atoms with Gasteiger partial charge < -0.3 is 10.4 Å². The van der Waals surface area contributed by atoms with Crippen LogP contribution in [0.25, 0.3) is 5.57 Å². The normalized spacial score (nSPS) is 11.6. The number of rotatable bonds is 5. The van der Waals surface area contributed by atoms with E-state index in [0.717, 1.165) is 6.92 Å². The van der Waals surface area contributed by atoms with E-state index in [-0.39, 0.29) is 11.3 Å². The molecule has 24 heavy (non-hydrogen) atoms. The Morgan fingerprint density at radius 3 is 2.46 bits per heavy atom. The molecule has 0 saturated heterocycles. The van der Waals surface area contributed by atoms with Gasteiger partial charge in [0, 0.05) is 21.8 Å². The van der Waals surface area contributed by atoms with E-state index >= 15 is 0 Å². The smallest absolute Gasteiger partial charge is 0.335 e. The number of benzene rings is 2. The highest BCUT2D eigenvalue weighted by atomic mass is 35.5. The second-order valence-electron chi connectivity index (χ2n) is 5.13. The van der Waals surface area contributed by atoms with E-state index in [4.69, 9.17) is 11.6 Å². The van der Waals surface area contributed by atoms with Gasteiger partial charge in [0.05, 0.1) is 5.56 Å². The van der Waals surface area contributed by atoms with Crippen molar-refractivity contribution in [3.63, 3.8) is 0 Å². The molecule has 1 amide bonds. The van der Waals surface area contributed by atoms with Crippen LogP contribution in [0.3, 0.4) is 0 Å². The number of carboxylic acids is 1. The van der Waals surface area contributed by atoms with Crippen molar-refractivity contribution >= 4 is 34.7 Å². The SMILES string of the molecule is C=C(c1ccccc1Cl)c1cc(C(=O)O)ccc1NC(=O)C(C)F. The number of aromatic carboxylic acids is 1. The third-order valence-electron chi connectivity index (χ3n) is 3.41. The first-order valence-electron chi connectivity index (χ1n) is 7.07. The van der Waals surface area contributed by atoms with Crippen LogP contribution in [0.2, 0.25) is 5.02 Å². The number of carboxylic acid groups (broad SMARTS) is 1. The van der Waals surface area contributed by atoms with E-state index in [1.54, 1.807) is 24.3 Å². The molecule has 124 valence electrons. The number of hydrogen-bond acceptors (Lipinski definition) is 2. The molecule has 0 aromatic heterocycles. The van der Waals surface area contributed by atoms with Crippen molar-refractivity contribution < 1.29 is 19.1 Å². The molecule has 6 heteroatoms. The molecule has 0 aliphatic heterocycles. The zero-order chi connectivity index (χ0) is 17.9. The van der Waals surface area contributed by atoms with Gasteiger partial charge in [-0.3, -0.25) is 4.79 Å². The highest BCUT2D eigenvalue weighted by Gasteiger charge is 2.17. The maximum absolute atomic E-state index is 13.2. The topological polar surface area (TPSA) is 66.4 Å². The maximum atomic E-state index is 13.2. The average Bonchev–Trinajstić information content (AvgIpc) is 2.54. The van der Waals surface area contributed by atoms with Gasteiger partial charge in [-0.15, -0.1) is 0 Å². The van der Waals surface area contributed by atoms with Gasteiger partial charge in [0.15, 0.2) is 6.17 Å². The summed E-state index contributed by atoms with van der Waals surface area (Å²) in [4.78, 5) is 22.9. The molecule has 0 bridgehead atoms. The molecule has 2 N–H and O–H groups in total. The van der Waals surface area contributed by atoms with Gasteiger partial charge in [0.1, 0.15) is 0 Å². The molecule has 0 heterocycles. The van der Waals surface area contributed by atoms with Crippen LogP contribution in [0.1, 0.15) is 28.4 Å². The first kappa shape index (κ1) is 17.7. The van der Waals surface area contributed by atoms with E-state index in [1.807, 2.05) is 0 Å². The Morgan fingerprint density at radius 1 is 1.21 bits per heavy atom. The second kappa shape index (κ2) is 7.27. The third kappa shape index (κ3) is 3.81. The van der Waals surface area contributed by atoms with Crippen LogP contribution >= 0.6 is 11.6 Å². The van der Waals surface area contributed by atoms with Crippen LogP contribution in [0.15, 0.2) is 49.0 Å². The molecule has 2 rings (SSSR count). The third-order valence-corrected chi connectivity index (χ3v) is 3.74. The van der Waals surface area contributed by atoms with Crippen LogP contribution < -0.4 is 5.32 Å². The summed E-state index contributed by atoms with van der Waals surface area (Å²) in [6.45, 7) is 5.06. The standard InChI is InChI=1S/C18H15ClFNO3/c1-10(13-5-3-4-6-15(13)19)14-9-12(18(23)24)7-8-16(14)21-17(22)11(2)20/h3-9,11H,1H2,2H3,(H,21,22)(H,23,24). The summed E-state index contributed by atoms with van der Waals surface area (Å²) in [6.07, 6.45) is -1.70. The highest BCUT2D eigenvalue weighted by Crippen LogP contribution is 2.33. The average molecular weight is 348 g/mol. The fourth-order valence-electron chi connectivity index (χ4n) is 2.12. The van der Waals surface area contributed by atoms with Crippen LogP contribution in [0.4, 0.5) is 10.1 Å². The molecule has 2 aromatic carbocycles. The molecule has 0 aliphatic rings. The van der Waals surface area contributed by atoms with Crippen LogP contribution in [-0.4, -0.2) is 23.2 Å². The molecule has 0 spiro atoms. The fraction of sp³-hybridized carbons (Fsp3) is 0.111. The molecular weight excluding hydrogens is 333 g/mol. The predicted molar refractivity (Wildman–Crippen MR) is 92.2 cm³/mol. The number of nitrogens with one attached hydrogen (secondary N) is 1. The number of anilines is 1. The minimum absolute atomic E-state index is 0.0181. The lowest BCUT2D eigenvalue weighted by Crippen LogP contribution is -2.22. The molecule has 1 unspecified atom stereocenters. The van der Waals surface area contributed by atoms with E-state index in [9.17, 15) is 19.1 Å². The van der Waals surface area contributed by atoms with Crippen molar-refractivity contribution in [3.05, 3.63) is 70.8 Å². The number of hydrogen-bond donors (Lipinski definition) is 2. The lowest BCUT2D eigenvalue weighted by atomic mass is 9.96. The molecule has 0 fully saturated rings. The lowest BCUT2D eigenvalue weighted by molar-refractivity contribution is -0.120. The number of carbonyl (C=O) groups is 2. The Balaban J connectivity index is 2.54. The second-order valence-corrected chi connectivity index (χ2v) is 5.54. The highest BCUT2D eigenvalue weighted by molar-refractivity contribution is 6.32. The van der Waals surface area contributed by atoms with Gasteiger partial charge in [-0.1, -0.05) is 36.4 Å². The van der Waals surface area contributed by atoms with Crippen molar-refractivity contribution in [1.82, 2.24) is 0 Å². The maximum Gasteiger partial charge on any atom is 0.335 e. The van der Waals surface area contributed by atoms with E-state index < -0.39 is 18.0 Å². The molecule has 0 aliphatic carbocycles. The van der Waals surface area contributed by atoms with Crippen LogP contribution in [0.5, 0.6) is 0 Å². The fourth-order valence-corrected chi connectivity index (χ4v) is 2.37. The summed E-state index contributed by atoms with van der Waals surface area (Å²) in [5.74, 6) is -1.95. The van der Waals surface area contributed by atoms with Gasteiger partial charge in [-0.2, -0.15) is 0 Å². The number of halogens is 2. The largest absolute Gasteiger partial charge is 0.478 e. The summed E-state index contributed by atoms with van der Waals surface area (Å²) in [5.41, 5.74) is 1.65. The lowest BCUT2D eigenvalue weighted by Gasteiger charge is -2.15. The Morgan fingerprint density at radius 2 is 1.88 bits per heavy atom. The number of amides is 1. The summed E-state index contributed by atoms with van der Waals surface area (Å²) < 4.78 is 13.2. The quantitative estimate of drug-likeness (QED) is 0.842. The van der Waals surface area contributed by atoms with Gasteiger partial charge >= 0.3 is 5.97 Å². The first-order chi connectivity index (χ1) is 11.3. The Bertz CT molecular complexity index is 818. The van der Waals surface area contributed by atoms with Crippen LogP contribution in [0, 0.1) is 0 Å². The summed E-state index contributed by atoms with van der Waals surface area (Å²) in [6, 6.07) is 11.0. The Kier molecular flexibility index (Phi) is 5.36. The van der Waals surface area contributed by atoms with Crippen molar-refractivity contribution in [1.29, 1.82) is 0 Å². The number of alkyl halides is 1. The van der Waals surface area contributed by atoms with E-state index in [2.05, 4.69) is 11.9 Å². The first-order valence-corrected chi connectivity index (χ1v) is 7.45. The number of carbonyl (C=O) groups excluding carboxylic acids is 1. The Hall–Kier alpha value is -2.66. The molecular formula is C18H15ClFNO3. The van der Waals surface area contributed by atoms with Gasteiger partial charge in [-0.25, -0.2) is 9.18 Å². The summed E-state index contributed by atoms with van der Waals surface area (Å²) >= 11 is 6.16. The Labute approximate surface area is 143 Å². The van der Waals surface area contributed by atoms with Crippen molar-refractivity contribution in [3.8, 4) is 0 Å². The van der Waals surface area contributed by atoms with E-state index in [1.165, 1.54) is 18.2 Å². The molecule has 0 radical (unpaired) electrons.